The van der Waals surface area contributed by atoms with Gasteiger partial charge < -0.3 is 10.5 Å². The Labute approximate surface area is 104 Å². The maximum Gasteiger partial charge on any atom is 0.350 e. The Kier molecular flexibility index (Phi) is 3.44. The molecule has 3 nitrogen and oxygen atoms in total. The minimum Gasteiger partial charge on any atom is -0.457 e. The van der Waals surface area contributed by atoms with E-state index in [4.69, 9.17) is 10.5 Å². The van der Waals surface area contributed by atoms with Gasteiger partial charge >= 0.3 is 5.97 Å². The van der Waals surface area contributed by atoms with Gasteiger partial charge in [-0.15, -0.1) is 11.3 Å². The first-order chi connectivity index (χ1) is 8.16. The van der Waals surface area contributed by atoms with Crippen LogP contribution in [0.15, 0.2) is 35.7 Å². The number of rotatable bonds is 3. The molecule has 1 heterocycles. The van der Waals surface area contributed by atoms with E-state index in [1.807, 2.05) is 31.2 Å². The number of anilines is 1. The molecule has 2 aromatic rings. The van der Waals surface area contributed by atoms with E-state index >= 15 is 0 Å². The molecule has 0 spiro atoms. The van der Waals surface area contributed by atoms with E-state index in [2.05, 4.69) is 0 Å². The molecule has 0 aliphatic carbocycles. The normalized spacial score (nSPS) is 10.2. The van der Waals surface area contributed by atoms with Gasteiger partial charge in [-0.25, -0.2) is 4.79 Å². The number of carbonyl (C=O) groups is 1. The number of thiophene rings is 1. The fourth-order valence-electron chi connectivity index (χ4n) is 1.38. The topological polar surface area (TPSA) is 52.3 Å². The summed E-state index contributed by atoms with van der Waals surface area (Å²) in [5, 5.41) is 1.78. The zero-order valence-electron chi connectivity index (χ0n) is 9.47. The van der Waals surface area contributed by atoms with Gasteiger partial charge in [0, 0.05) is 0 Å². The molecule has 0 saturated heterocycles. The third kappa shape index (κ3) is 2.85. The standard InChI is InChI=1S/C13H13NO2S/c1-9-2-4-10(5-3-9)8-16-13(15)12-11(14)6-7-17-12/h2-7H,8,14H2,1H3. The maximum atomic E-state index is 11.7. The van der Waals surface area contributed by atoms with E-state index in [0.29, 0.717) is 10.6 Å². The van der Waals surface area contributed by atoms with Crippen LogP contribution in [0.4, 0.5) is 5.69 Å². The van der Waals surface area contributed by atoms with Crippen LogP contribution in [0.25, 0.3) is 0 Å². The van der Waals surface area contributed by atoms with Gasteiger partial charge in [-0.1, -0.05) is 29.8 Å². The van der Waals surface area contributed by atoms with Crippen molar-refractivity contribution < 1.29 is 9.53 Å². The first-order valence-corrected chi connectivity index (χ1v) is 6.10. The lowest BCUT2D eigenvalue weighted by molar-refractivity contribution is 0.0479. The van der Waals surface area contributed by atoms with Gasteiger partial charge in [0.05, 0.1) is 5.69 Å². The highest BCUT2D eigenvalue weighted by Crippen LogP contribution is 2.20. The van der Waals surface area contributed by atoms with Crippen molar-refractivity contribution in [2.75, 3.05) is 5.73 Å². The number of esters is 1. The zero-order chi connectivity index (χ0) is 12.3. The number of hydrogen-bond acceptors (Lipinski definition) is 4. The smallest absolute Gasteiger partial charge is 0.350 e. The Morgan fingerprint density at radius 1 is 1.29 bits per heavy atom. The van der Waals surface area contributed by atoms with Crippen LogP contribution in [0.2, 0.25) is 0 Å². The molecule has 0 saturated carbocycles. The quantitative estimate of drug-likeness (QED) is 0.848. The van der Waals surface area contributed by atoms with Crippen LogP contribution in [0.1, 0.15) is 20.8 Å². The van der Waals surface area contributed by atoms with Gasteiger partial charge in [-0.05, 0) is 23.9 Å². The van der Waals surface area contributed by atoms with E-state index in [0.717, 1.165) is 5.56 Å². The van der Waals surface area contributed by atoms with Crippen LogP contribution in [0, 0.1) is 6.92 Å². The Hall–Kier alpha value is -1.81. The van der Waals surface area contributed by atoms with Crippen molar-refractivity contribution in [1.82, 2.24) is 0 Å². The molecule has 0 amide bonds. The molecular formula is C13H13NO2S. The third-order valence-corrected chi connectivity index (χ3v) is 3.28. The predicted octanol–water partition coefficient (Wildman–Crippen LogP) is 3.00. The first kappa shape index (κ1) is 11.7. The molecule has 0 aliphatic rings. The monoisotopic (exact) mass is 247 g/mol. The number of benzene rings is 1. The Bertz CT molecular complexity index is 516. The highest BCUT2D eigenvalue weighted by Gasteiger charge is 2.12. The van der Waals surface area contributed by atoms with Gasteiger partial charge in [0.2, 0.25) is 0 Å². The fourth-order valence-corrected chi connectivity index (χ4v) is 2.09. The highest BCUT2D eigenvalue weighted by molar-refractivity contribution is 7.12. The lowest BCUT2D eigenvalue weighted by atomic mass is 10.2. The first-order valence-electron chi connectivity index (χ1n) is 5.22. The van der Waals surface area contributed by atoms with Crippen molar-refractivity contribution in [3.8, 4) is 0 Å². The molecule has 17 heavy (non-hydrogen) atoms. The highest BCUT2D eigenvalue weighted by atomic mass is 32.1. The van der Waals surface area contributed by atoms with E-state index in [-0.39, 0.29) is 12.6 Å². The molecule has 0 atom stereocenters. The van der Waals surface area contributed by atoms with E-state index in [1.165, 1.54) is 16.9 Å². The van der Waals surface area contributed by atoms with Gasteiger partial charge in [0.1, 0.15) is 11.5 Å². The van der Waals surface area contributed by atoms with Crippen molar-refractivity contribution in [2.24, 2.45) is 0 Å². The SMILES string of the molecule is Cc1ccc(COC(=O)c2sccc2N)cc1. The molecule has 0 radical (unpaired) electrons. The molecule has 1 aromatic carbocycles. The van der Waals surface area contributed by atoms with Gasteiger partial charge in [-0.2, -0.15) is 0 Å². The Morgan fingerprint density at radius 3 is 2.59 bits per heavy atom. The van der Waals surface area contributed by atoms with Crippen LogP contribution in [0.3, 0.4) is 0 Å². The lowest BCUT2D eigenvalue weighted by Gasteiger charge is -2.04. The van der Waals surface area contributed by atoms with E-state index in [1.54, 1.807) is 11.4 Å². The van der Waals surface area contributed by atoms with Crippen molar-refractivity contribution in [2.45, 2.75) is 13.5 Å². The van der Waals surface area contributed by atoms with Crippen molar-refractivity contribution >= 4 is 23.0 Å². The second-order valence-corrected chi connectivity index (χ2v) is 4.68. The van der Waals surface area contributed by atoms with E-state index in [9.17, 15) is 4.79 Å². The minimum atomic E-state index is -0.363. The second kappa shape index (κ2) is 5.01. The van der Waals surface area contributed by atoms with Crippen molar-refractivity contribution in [3.63, 3.8) is 0 Å². The lowest BCUT2D eigenvalue weighted by Crippen LogP contribution is -2.05. The average Bonchev–Trinajstić information content (AvgIpc) is 2.74. The van der Waals surface area contributed by atoms with Crippen molar-refractivity contribution in [1.29, 1.82) is 0 Å². The van der Waals surface area contributed by atoms with Crippen molar-refractivity contribution in [3.05, 3.63) is 51.7 Å². The van der Waals surface area contributed by atoms with Crippen LogP contribution in [-0.4, -0.2) is 5.97 Å². The third-order valence-electron chi connectivity index (χ3n) is 2.37. The molecule has 88 valence electrons. The van der Waals surface area contributed by atoms with Crippen LogP contribution in [-0.2, 0) is 11.3 Å². The summed E-state index contributed by atoms with van der Waals surface area (Å²) < 4.78 is 5.18. The summed E-state index contributed by atoms with van der Waals surface area (Å²) in [5.41, 5.74) is 8.27. The predicted molar refractivity (Wildman–Crippen MR) is 69.0 cm³/mol. The van der Waals surface area contributed by atoms with Gasteiger partial charge in [0.15, 0.2) is 0 Å². The number of nitrogens with two attached hydrogens (primary N) is 1. The summed E-state index contributed by atoms with van der Waals surface area (Å²) in [7, 11) is 0. The summed E-state index contributed by atoms with van der Waals surface area (Å²) in [4.78, 5) is 12.1. The van der Waals surface area contributed by atoms with Crippen LogP contribution in [0.5, 0.6) is 0 Å². The largest absolute Gasteiger partial charge is 0.457 e. The molecular weight excluding hydrogens is 234 g/mol. The number of hydrogen-bond donors (Lipinski definition) is 1. The Morgan fingerprint density at radius 2 is 2.00 bits per heavy atom. The molecule has 0 aliphatic heterocycles. The summed E-state index contributed by atoms with van der Waals surface area (Å²) in [6, 6.07) is 9.57. The molecule has 0 unspecified atom stereocenters. The maximum absolute atomic E-state index is 11.7. The van der Waals surface area contributed by atoms with Crippen LogP contribution < -0.4 is 5.73 Å². The fraction of sp³-hybridized carbons (Fsp3) is 0.154. The van der Waals surface area contributed by atoms with Gasteiger partial charge in [-0.3, -0.25) is 0 Å². The van der Waals surface area contributed by atoms with Crippen LogP contribution >= 0.6 is 11.3 Å². The molecule has 0 bridgehead atoms. The number of ether oxygens (including phenoxy) is 1. The molecule has 1 aromatic heterocycles. The summed E-state index contributed by atoms with van der Waals surface area (Å²) in [6.07, 6.45) is 0. The molecule has 2 rings (SSSR count). The number of nitrogen functional groups attached to an aromatic ring is 1. The summed E-state index contributed by atoms with van der Waals surface area (Å²) >= 11 is 1.30. The Balaban J connectivity index is 1.97. The second-order valence-electron chi connectivity index (χ2n) is 3.77. The molecule has 0 fully saturated rings. The molecule has 4 heteroatoms. The van der Waals surface area contributed by atoms with E-state index < -0.39 is 0 Å². The average molecular weight is 247 g/mol. The molecule has 2 N–H and O–H groups in total. The summed E-state index contributed by atoms with van der Waals surface area (Å²) in [6.45, 7) is 2.29. The summed E-state index contributed by atoms with van der Waals surface area (Å²) in [5.74, 6) is -0.363. The number of aryl methyl sites for hydroxylation is 1. The van der Waals surface area contributed by atoms with Gasteiger partial charge in [0.25, 0.3) is 0 Å². The number of carbonyl (C=O) groups excluding carboxylic acids is 1. The zero-order valence-corrected chi connectivity index (χ0v) is 10.3. The minimum absolute atomic E-state index is 0.274.